The second-order valence-electron chi connectivity index (χ2n) is 6.74. The summed E-state index contributed by atoms with van der Waals surface area (Å²) < 4.78 is 16.3. The van der Waals surface area contributed by atoms with Crippen LogP contribution in [0, 0.1) is 0 Å². The third-order valence-electron chi connectivity index (χ3n) is 4.81. The molecule has 5 atom stereocenters. The summed E-state index contributed by atoms with van der Waals surface area (Å²) in [6.07, 6.45) is -7.47. The van der Waals surface area contributed by atoms with Gasteiger partial charge in [0, 0.05) is 18.2 Å². The van der Waals surface area contributed by atoms with Crippen LogP contribution < -0.4 is 10.2 Å². The van der Waals surface area contributed by atoms with Crippen molar-refractivity contribution in [1.82, 2.24) is 0 Å². The summed E-state index contributed by atoms with van der Waals surface area (Å²) in [4.78, 5) is 12.6. The van der Waals surface area contributed by atoms with E-state index in [1.165, 1.54) is 24.3 Å². The molecular formula is C19H18O10. The van der Waals surface area contributed by atoms with E-state index >= 15 is 0 Å². The van der Waals surface area contributed by atoms with E-state index in [-0.39, 0.29) is 33.4 Å². The summed E-state index contributed by atoms with van der Waals surface area (Å²) in [5.74, 6) is -0.634. The Balaban J connectivity index is 1.75. The SMILES string of the molecule is O=c1c2ccc(O)cc2oc2cc(OC3OC(CO)C(O)C(O)C3O)cc(O)c12. The lowest BCUT2D eigenvalue weighted by Crippen LogP contribution is -2.60. The van der Waals surface area contributed by atoms with Gasteiger partial charge in [0.1, 0.15) is 58.2 Å². The molecule has 1 fully saturated rings. The van der Waals surface area contributed by atoms with Crippen molar-refractivity contribution < 1.29 is 44.5 Å². The third-order valence-corrected chi connectivity index (χ3v) is 4.81. The number of aromatic hydroxyl groups is 2. The molecule has 10 nitrogen and oxygen atoms in total. The van der Waals surface area contributed by atoms with Crippen LogP contribution in [-0.2, 0) is 4.74 Å². The topological polar surface area (TPSA) is 170 Å². The van der Waals surface area contributed by atoms with Crippen molar-refractivity contribution >= 4 is 21.9 Å². The molecule has 4 rings (SSSR count). The first-order valence-electron chi connectivity index (χ1n) is 8.70. The quantitative estimate of drug-likeness (QED) is 0.313. The molecule has 0 amide bonds. The molecule has 1 saturated heterocycles. The molecule has 0 saturated carbocycles. The van der Waals surface area contributed by atoms with Gasteiger partial charge >= 0.3 is 0 Å². The van der Waals surface area contributed by atoms with Crippen molar-refractivity contribution in [2.75, 3.05) is 6.61 Å². The summed E-state index contributed by atoms with van der Waals surface area (Å²) in [6.45, 7) is -0.627. The zero-order chi connectivity index (χ0) is 20.9. The second kappa shape index (κ2) is 7.17. The first kappa shape index (κ1) is 19.4. The van der Waals surface area contributed by atoms with Gasteiger partial charge in [-0.2, -0.15) is 0 Å². The highest BCUT2D eigenvalue weighted by atomic mass is 16.7. The van der Waals surface area contributed by atoms with Gasteiger partial charge in [-0.3, -0.25) is 4.79 Å². The molecule has 1 aliphatic rings. The highest BCUT2D eigenvalue weighted by molar-refractivity contribution is 5.94. The summed E-state index contributed by atoms with van der Waals surface area (Å²) >= 11 is 0. The maximum absolute atomic E-state index is 12.6. The van der Waals surface area contributed by atoms with Crippen LogP contribution in [0.1, 0.15) is 0 Å². The number of phenols is 2. The highest BCUT2D eigenvalue weighted by Crippen LogP contribution is 2.33. The van der Waals surface area contributed by atoms with Gasteiger partial charge in [0.05, 0.1) is 12.0 Å². The van der Waals surface area contributed by atoms with E-state index in [0.717, 1.165) is 6.07 Å². The second-order valence-corrected chi connectivity index (χ2v) is 6.74. The lowest BCUT2D eigenvalue weighted by atomic mass is 9.99. The Labute approximate surface area is 162 Å². The molecule has 0 spiro atoms. The molecule has 6 N–H and O–H groups in total. The van der Waals surface area contributed by atoms with E-state index in [9.17, 15) is 35.4 Å². The van der Waals surface area contributed by atoms with E-state index in [4.69, 9.17) is 13.9 Å². The number of rotatable bonds is 3. The summed E-state index contributed by atoms with van der Waals surface area (Å²) in [5.41, 5.74) is -0.474. The first-order chi connectivity index (χ1) is 13.8. The number of ether oxygens (including phenoxy) is 2. The van der Waals surface area contributed by atoms with Crippen LogP contribution in [-0.4, -0.2) is 68.0 Å². The molecule has 1 aliphatic heterocycles. The van der Waals surface area contributed by atoms with Gasteiger partial charge in [0.2, 0.25) is 11.7 Å². The average Bonchev–Trinajstić information content (AvgIpc) is 2.67. The Kier molecular flexibility index (Phi) is 4.81. The number of aliphatic hydroxyl groups is 4. The van der Waals surface area contributed by atoms with Crippen LogP contribution in [0.2, 0.25) is 0 Å². The molecule has 0 radical (unpaired) electrons. The molecule has 3 aromatic rings. The van der Waals surface area contributed by atoms with Crippen LogP contribution in [0.5, 0.6) is 17.2 Å². The molecule has 29 heavy (non-hydrogen) atoms. The van der Waals surface area contributed by atoms with Crippen LogP contribution in [0.25, 0.3) is 21.9 Å². The number of phenolic OH excluding ortho intramolecular Hbond substituents is 2. The zero-order valence-corrected chi connectivity index (χ0v) is 14.8. The van der Waals surface area contributed by atoms with Gasteiger partial charge in [0.25, 0.3) is 0 Å². The van der Waals surface area contributed by atoms with Crippen LogP contribution in [0.4, 0.5) is 0 Å². The van der Waals surface area contributed by atoms with Crippen molar-refractivity contribution in [3.05, 3.63) is 40.6 Å². The van der Waals surface area contributed by atoms with Gasteiger partial charge in [0.15, 0.2) is 0 Å². The molecule has 1 aromatic heterocycles. The molecule has 154 valence electrons. The normalized spacial score (nSPS) is 27.4. The molecule has 10 heteroatoms. The highest BCUT2D eigenvalue weighted by Gasteiger charge is 2.44. The Morgan fingerprint density at radius 3 is 2.45 bits per heavy atom. The maximum Gasteiger partial charge on any atom is 0.229 e. The minimum atomic E-state index is -1.65. The number of benzene rings is 2. The molecule has 0 bridgehead atoms. The molecule has 2 heterocycles. The fourth-order valence-corrected chi connectivity index (χ4v) is 3.29. The number of aliphatic hydroxyl groups excluding tert-OH is 4. The van der Waals surface area contributed by atoms with Crippen molar-refractivity contribution in [2.45, 2.75) is 30.7 Å². The Morgan fingerprint density at radius 1 is 0.966 bits per heavy atom. The number of fused-ring (bicyclic) bond motifs is 2. The lowest BCUT2D eigenvalue weighted by molar-refractivity contribution is -0.277. The monoisotopic (exact) mass is 406 g/mol. The molecule has 0 aliphatic carbocycles. The minimum Gasteiger partial charge on any atom is -0.508 e. The third kappa shape index (κ3) is 3.26. The maximum atomic E-state index is 12.6. The van der Waals surface area contributed by atoms with Crippen LogP contribution >= 0.6 is 0 Å². The fourth-order valence-electron chi connectivity index (χ4n) is 3.29. The Morgan fingerprint density at radius 2 is 1.72 bits per heavy atom. The zero-order valence-electron chi connectivity index (χ0n) is 14.8. The van der Waals surface area contributed by atoms with Gasteiger partial charge in [-0.15, -0.1) is 0 Å². The van der Waals surface area contributed by atoms with Gasteiger partial charge in [-0.05, 0) is 12.1 Å². The van der Waals surface area contributed by atoms with Crippen LogP contribution in [0.3, 0.4) is 0 Å². The van der Waals surface area contributed by atoms with E-state index in [1.807, 2.05) is 0 Å². The van der Waals surface area contributed by atoms with Crippen molar-refractivity contribution in [2.24, 2.45) is 0 Å². The van der Waals surface area contributed by atoms with Crippen molar-refractivity contribution in [1.29, 1.82) is 0 Å². The van der Waals surface area contributed by atoms with Gasteiger partial charge in [-0.25, -0.2) is 0 Å². The number of hydrogen-bond donors (Lipinski definition) is 6. The first-order valence-corrected chi connectivity index (χ1v) is 8.70. The Hall–Kier alpha value is -2.89. The summed E-state index contributed by atoms with van der Waals surface area (Å²) in [7, 11) is 0. The van der Waals surface area contributed by atoms with E-state index in [1.54, 1.807) is 0 Å². The molecular weight excluding hydrogens is 388 g/mol. The van der Waals surface area contributed by atoms with Gasteiger partial charge < -0.3 is 44.5 Å². The Bertz CT molecular complexity index is 1120. The average molecular weight is 406 g/mol. The molecule has 2 aromatic carbocycles. The lowest BCUT2D eigenvalue weighted by Gasteiger charge is -2.39. The minimum absolute atomic E-state index is 0.0484. The van der Waals surface area contributed by atoms with Crippen molar-refractivity contribution in [3.8, 4) is 17.2 Å². The van der Waals surface area contributed by atoms with E-state index < -0.39 is 48.5 Å². The molecule has 5 unspecified atom stereocenters. The van der Waals surface area contributed by atoms with Crippen molar-refractivity contribution in [3.63, 3.8) is 0 Å². The largest absolute Gasteiger partial charge is 0.508 e. The standard InChI is InChI=1S/C19H18O10/c20-6-13-16(24)17(25)18(26)19(29-13)27-8-4-10(22)14-12(5-8)28-11-3-7(21)1-2-9(11)15(14)23/h1-5,13,16-22,24-26H,6H2. The van der Waals surface area contributed by atoms with E-state index in [0.29, 0.717) is 0 Å². The fraction of sp³-hybridized carbons (Fsp3) is 0.316. The smallest absolute Gasteiger partial charge is 0.229 e. The predicted molar refractivity (Wildman–Crippen MR) is 97.7 cm³/mol. The predicted octanol–water partition coefficient (Wildman–Crippen LogP) is -0.464. The van der Waals surface area contributed by atoms with Crippen LogP contribution in [0.15, 0.2) is 39.5 Å². The number of hydrogen-bond acceptors (Lipinski definition) is 10. The van der Waals surface area contributed by atoms with E-state index in [2.05, 4.69) is 0 Å². The van der Waals surface area contributed by atoms with Gasteiger partial charge in [-0.1, -0.05) is 0 Å². The summed E-state index contributed by atoms with van der Waals surface area (Å²) in [6, 6.07) is 6.30. The summed E-state index contributed by atoms with van der Waals surface area (Å²) in [5, 5.41) is 59.0.